The van der Waals surface area contributed by atoms with Crippen LogP contribution in [0.2, 0.25) is 10.0 Å². The van der Waals surface area contributed by atoms with Crippen LogP contribution < -0.4 is 0 Å². The lowest BCUT2D eigenvalue weighted by molar-refractivity contribution is 0.0702. The number of fused-ring (bicyclic) bond motifs is 2. The highest BCUT2D eigenvalue weighted by atomic mass is 35.5. The van der Waals surface area contributed by atoms with Crippen LogP contribution in [0.5, 0.6) is 0 Å². The summed E-state index contributed by atoms with van der Waals surface area (Å²) in [4.78, 5) is 11.7. The number of carboxylic acids is 1. The Balaban J connectivity index is 1.66. The summed E-state index contributed by atoms with van der Waals surface area (Å²) in [5, 5.41) is 14.7. The van der Waals surface area contributed by atoms with Crippen LogP contribution in [-0.2, 0) is 0 Å². The molecule has 2 nitrogen and oxygen atoms in total. The number of aromatic carboxylic acids is 1. The Morgan fingerprint density at radius 3 is 1.97 bits per heavy atom. The minimum Gasteiger partial charge on any atom is -0.477 e. The van der Waals surface area contributed by atoms with E-state index in [2.05, 4.69) is 43.5 Å². The minimum absolute atomic E-state index is 0.310. The fraction of sp³-hybridized carbons (Fsp3) is 0.0800. The summed E-state index contributed by atoms with van der Waals surface area (Å²) in [5.41, 5.74) is 6.32. The number of hydrogen-bond acceptors (Lipinski definition) is 3. The van der Waals surface area contributed by atoms with E-state index in [9.17, 15) is 9.90 Å². The van der Waals surface area contributed by atoms with Crippen LogP contribution in [-0.4, -0.2) is 11.1 Å². The van der Waals surface area contributed by atoms with Crippen molar-refractivity contribution in [3.8, 4) is 22.3 Å². The fourth-order valence-electron chi connectivity index (χ4n) is 3.96. The molecular formula is C25H16Cl2O2S2. The Kier molecular flexibility index (Phi) is 5.06. The van der Waals surface area contributed by atoms with Gasteiger partial charge in [0.1, 0.15) is 4.88 Å². The monoisotopic (exact) mass is 482 g/mol. The van der Waals surface area contributed by atoms with Crippen molar-refractivity contribution < 1.29 is 9.90 Å². The van der Waals surface area contributed by atoms with Gasteiger partial charge in [0, 0.05) is 30.6 Å². The number of carboxylic acid groups (broad SMARTS) is 1. The molecule has 0 saturated carbocycles. The van der Waals surface area contributed by atoms with Crippen molar-refractivity contribution in [2.45, 2.75) is 13.8 Å². The third-order valence-corrected chi connectivity index (χ3v) is 8.32. The predicted molar refractivity (Wildman–Crippen MR) is 135 cm³/mol. The maximum atomic E-state index is 11.3. The number of carbonyl (C=O) groups is 1. The van der Waals surface area contributed by atoms with Gasteiger partial charge in [-0.15, -0.1) is 22.7 Å². The molecule has 2 heterocycles. The summed E-state index contributed by atoms with van der Waals surface area (Å²) in [5.74, 6) is -0.921. The van der Waals surface area contributed by atoms with E-state index in [1.165, 1.54) is 16.0 Å². The second-order valence-corrected chi connectivity index (χ2v) is 10.3. The molecule has 0 aliphatic carbocycles. The van der Waals surface area contributed by atoms with Gasteiger partial charge in [-0.25, -0.2) is 4.79 Å². The zero-order chi connectivity index (χ0) is 21.9. The molecule has 0 atom stereocenters. The van der Waals surface area contributed by atoms with Gasteiger partial charge in [0.25, 0.3) is 0 Å². The van der Waals surface area contributed by atoms with Crippen LogP contribution in [0.3, 0.4) is 0 Å². The van der Waals surface area contributed by atoms with Gasteiger partial charge in [0.2, 0.25) is 0 Å². The smallest absolute Gasteiger partial charge is 0.345 e. The maximum Gasteiger partial charge on any atom is 0.345 e. The number of thiophene rings is 2. The Morgan fingerprint density at radius 2 is 1.35 bits per heavy atom. The third-order valence-electron chi connectivity index (χ3n) is 5.73. The second kappa shape index (κ2) is 7.64. The fourth-order valence-corrected chi connectivity index (χ4v) is 6.24. The summed E-state index contributed by atoms with van der Waals surface area (Å²) in [7, 11) is 0. The Labute approximate surface area is 197 Å². The average Bonchev–Trinajstić information content (AvgIpc) is 3.35. The summed E-state index contributed by atoms with van der Waals surface area (Å²) in [6, 6.07) is 15.9. The van der Waals surface area contributed by atoms with Gasteiger partial charge >= 0.3 is 5.97 Å². The molecule has 0 amide bonds. The van der Waals surface area contributed by atoms with Crippen molar-refractivity contribution in [1.29, 1.82) is 0 Å². The molecule has 154 valence electrons. The lowest BCUT2D eigenvalue weighted by Gasteiger charge is -2.16. The third kappa shape index (κ3) is 3.44. The van der Waals surface area contributed by atoms with E-state index in [1.807, 2.05) is 18.2 Å². The molecule has 0 radical (unpaired) electrons. The van der Waals surface area contributed by atoms with Crippen LogP contribution in [0.1, 0.15) is 20.8 Å². The van der Waals surface area contributed by atoms with E-state index in [0.717, 1.165) is 53.9 Å². The molecule has 0 fully saturated rings. The molecule has 6 heteroatoms. The van der Waals surface area contributed by atoms with Gasteiger partial charge in [-0.2, -0.15) is 0 Å². The Hall–Kier alpha value is -2.37. The quantitative estimate of drug-likeness (QED) is 0.278. The minimum atomic E-state index is -0.921. The zero-order valence-corrected chi connectivity index (χ0v) is 19.8. The molecule has 0 bridgehead atoms. The standard InChI is InChI=1S/C25H16Cl2O2S2/c1-12-13(2)17(19-11-23-15(8-21(19)27)9-24(31-23)25(28)29)4-3-16(12)18-10-22-14(5-6-30-22)7-20(18)26/h3-11H,1-2H3,(H,28,29). The van der Waals surface area contributed by atoms with Crippen molar-refractivity contribution in [3.05, 3.63) is 80.0 Å². The van der Waals surface area contributed by atoms with Gasteiger partial charge in [0.05, 0.1) is 0 Å². The molecule has 0 unspecified atom stereocenters. The normalized spacial score (nSPS) is 11.5. The van der Waals surface area contributed by atoms with Gasteiger partial charge in [-0.3, -0.25) is 0 Å². The number of rotatable bonds is 3. The van der Waals surface area contributed by atoms with Crippen molar-refractivity contribution in [2.24, 2.45) is 0 Å². The predicted octanol–water partition coefficient (Wildman–Crippen LogP) is 9.07. The average molecular weight is 483 g/mol. The summed E-state index contributed by atoms with van der Waals surface area (Å²) >= 11 is 16.2. The van der Waals surface area contributed by atoms with Crippen LogP contribution in [0, 0.1) is 13.8 Å². The molecule has 5 aromatic rings. The van der Waals surface area contributed by atoms with Gasteiger partial charge < -0.3 is 5.11 Å². The summed E-state index contributed by atoms with van der Waals surface area (Å²) in [6.07, 6.45) is 0. The molecule has 1 N–H and O–H groups in total. The number of halogens is 2. The maximum absolute atomic E-state index is 11.3. The number of hydrogen-bond donors (Lipinski definition) is 1. The van der Waals surface area contributed by atoms with Crippen LogP contribution >= 0.6 is 45.9 Å². The molecule has 0 saturated heterocycles. The van der Waals surface area contributed by atoms with Gasteiger partial charge in [0.15, 0.2) is 0 Å². The zero-order valence-electron chi connectivity index (χ0n) is 16.6. The molecule has 0 spiro atoms. The Bertz CT molecular complexity index is 1510. The van der Waals surface area contributed by atoms with E-state index in [1.54, 1.807) is 17.4 Å². The summed E-state index contributed by atoms with van der Waals surface area (Å²) < 4.78 is 2.12. The number of benzene rings is 3. The van der Waals surface area contributed by atoms with Crippen molar-refractivity contribution in [3.63, 3.8) is 0 Å². The molecular weight excluding hydrogens is 467 g/mol. The Morgan fingerprint density at radius 1 is 0.774 bits per heavy atom. The highest BCUT2D eigenvalue weighted by Crippen LogP contribution is 2.41. The molecule has 2 aromatic heterocycles. The highest BCUT2D eigenvalue weighted by Gasteiger charge is 2.17. The van der Waals surface area contributed by atoms with Crippen LogP contribution in [0.15, 0.2) is 53.9 Å². The van der Waals surface area contributed by atoms with Crippen LogP contribution in [0.4, 0.5) is 0 Å². The molecule has 0 aliphatic rings. The second-order valence-electron chi connectivity index (χ2n) is 7.49. The first-order valence-electron chi connectivity index (χ1n) is 9.57. The SMILES string of the molecule is Cc1c(-c2cc3sccc3cc2Cl)ccc(-c2cc3sc(C(=O)O)cc3cc2Cl)c1C. The first-order valence-corrected chi connectivity index (χ1v) is 12.0. The van der Waals surface area contributed by atoms with Gasteiger partial charge in [-0.05, 0) is 88.7 Å². The summed E-state index contributed by atoms with van der Waals surface area (Å²) in [6.45, 7) is 4.19. The lowest BCUT2D eigenvalue weighted by Crippen LogP contribution is -1.93. The van der Waals surface area contributed by atoms with Crippen molar-refractivity contribution >= 4 is 72.0 Å². The molecule has 0 aliphatic heterocycles. The topological polar surface area (TPSA) is 37.3 Å². The molecule has 31 heavy (non-hydrogen) atoms. The van der Waals surface area contributed by atoms with Crippen LogP contribution in [0.25, 0.3) is 42.4 Å². The first-order chi connectivity index (χ1) is 14.8. The lowest BCUT2D eigenvalue weighted by atomic mass is 9.90. The van der Waals surface area contributed by atoms with E-state index in [0.29, 0.717) is 9.90 Å². The van der Waals surface area contributed by atoms with Crippen molar-refractivity contribution in [1.82, 2.24) is 0 Å². The first kappa shape index (κ1) is 20.5. The van der Waals surface area contributed by atoms with E-state index >= 15 is 0 Å². The van der Waals surface area contributed by atoms with E-state index in [4.69, 9.17) is 23.2 Å². The highest BCUT2D eigenvalue weighted by molar-refractivity contribution is 7.20. The van der Waals surface area contributed by atoms with Crippen molar-refractivity contribution in [2.75, 3.05) is 0 Å². The molecule has 5 rings (SSSR count). The molecule has 3 aromatic carbocycles. The van der Waals surface area contributed by atoms with E-state index in [-0.39, 0.29) is 0 Å². The van der Waals surface area contributed by atoms with Gasteiger partial charge in [-0.1, -0.05) is 35.3 Å². The van der Waals surface area contributed by atoms with E-state index < -0.39 is 5.97 Å². The largest absolute Gasteiger partial charge is 0.477 e.